The van der Waals surface area contributed by atoms with Crippen molar-refractivity contribution in [3.05, 3.63) is 41.1 Å². The van der Waals surface area contributed by atoms with Crippen LogP contribution in [0.5, 0.6) is 0 Å². The molecule has 2 aliphatic rings. The molecule has 1 aliphatic carbocycles. The van der Waals surface area contributed by atoms with Gasteiger partial charge in [-0.1, -0.05) is 0 Å². The van der Waals surface area contributed by atoms with E-state index in [1.165, 1.54) is 0 Å². The number of hydrogen-bond acceptors (Lipinski definition) is 5. The highest BCUT2D eigenvalue weighted by Crippen LogP contribution is 2.40. The molecule has 1 unspecified atom stereocenters. The molecule has 26 heavy (non-hydrogen) atoms. The highest BCUT2D eigenvalue weighted by atomic mass is 16.5. The van der Waals surface area contributed by atoms with Crippen molar-refractivity contribution in [2.45, 2.75) is 31.7 Å². The van der Waals surface area contributed by atoms with Crippen LogP contribution in [0, 0.1) is 6.92 Å². The summed E-state index contributed by atoms with van der Waals surface area (Å²) in [6, 6.07) is 3.98. The zero-order valence-corrected chi connectivity index (χ0v) is 15.4. The van der Waals surface area contributed by atoms with Gasteiger partial charge in [0.2, 0.25) is 0 Å². The van der Waals surface area contributed by atoms with Crippen LogP contribution >= 0.6 is 0 Å². The lowest BCUT2D eigenvalue weighted by atomic mass is 10.1. The summed E-state index contributed by atoms with van der Waals surface area (Å²) in [7, 11) is 1.87. The first-order valence-corrected chi connectivity index (χ1v) is 9.31. The summed E-state index contributed by atoms with van der Waals surface area (Å²) in [6.07, 6.45) is 4.07. The van der Waals surface area contributed by atoms with Gasteiger partial charge in [-0.05, 0) is 31.9 Å². The van der Waals surface area contributed by atoms with E-state index < -0.39 is 0 Å². The van der Waals surface area contributed by atoms with Gasteiger partial charge in [0.15, 0.2) is 0 Å². The third kappa shape index (κ3) is 3.68. The Morgan fingerprint density at radius 3 is 2.77 bits per heavy atom. The zero-order chi connectivity index (χ0) is 18.1. The Morgan fingerprint density at radius 2 is 2.12 bits per heavy atom. The Hall–Kier alpha value is -2.12. The molecule has 7 nitrogen and oxygen atoms in total. The first-order chi connectivity index (χ1) is 12.6. The minimum Gasteiger partial charge on any atom is -0.465 e. The van der Waals surface area contributed by atoms with Gasteiger partial charge in [0.05, 0.1) is 30.5 Å². The van der Waals surface area contributed by atoms with Crippen LogP contribution in [0.1, 0.15) is 52.4 Å². The molecule has 2 fully saturated rings. The van der Waals surface area contributed by atoms with Crippen molar-refractivity contribution in [2.75, 3.05) is 32.8 Å². The number of morpholine rings is 1. The van der Waals surface area contributed by atoms with Gasteiger partial charge in [-0.15, -0.1) is 0 Å². The molecule has 140 valence electrons. The summed E-state index contributed by atoms with van der Waals surface area (Å²) in [5.74, 6) is 2.16. The van der Waals surface area contributed by atoms with Crippen molar-refractivity contribution in [1.82, 2.24) is 20.0 Å². The van der Waals surface area contributed by atoms with E-state index >= 15 is 0 Å². The topological polar surface area (TPSA) is 72.5 Å². The largest absolute Gasteiger partial charge is 0.465 e. The van der Waals surface area contributed by atoms with E-state index in [1.807, 2.05) is 32.3 Å². The number of nitrogens with zero attached hydrogens (tertiary/aromatic N) is 3. The molecule has 3 heterocycles. The molecule has 0 spiro atoms. The Bertz CT molecular complexity index is 772. The fraction of sp³-hybridized carbons (Fsp3) is 0.579. The maximum Gasteiger partial charge on any atom is 0.254 e. The van der Waals surface area contributed by atoms with Crippen LogP contribution in [-0.2, 0) is 11.8 Å². The molecule has 0 bridgehead atoms. The van der Waals surface area contributed by atoms with Crippen molar-refractivity contribution >= 4 is 5.91 Å². The number of nitrogens with one attached hydrogen (secondary N) is 1. The molecule has 2 aromatic rings. The highest BCUT2D eigenvalue weighted by Gasteiger charge is 2.32. The molecule has 0 aromatic carbocycles. The van der Waals surface area contributed by atoms with Crippen LogP contribution in [-0.4, -0.2) is 53.4 Å². The van der Waals surface area contributed by atoms with E-state index in [4.69, 9.17) is 9.15 Å². The van der Waals surface area contributed by atoms with Gasteiger partial charge in [-0.2, -0.15) is 5.10 Å². The normalized spacial score (nSPS) is 19.5. The van der Waals surface area contributed by atoms with E-state index in [1.54, 1.807) is 4.68 Å². The molecular weight excluding hydrogens is 332 g/mol. The number of carbonyl (C=O) groups excluding carboxylic acids is 1. The summed E-state index contributed by atoms with van der Waals surface area (Å²) in [5, 5.41) is 7.59. The monoisotopic (exact) mass is 358 g/mol. The summed E-state index contributed by atoms with van der Waals surface area (Å²) in [4.78, 5) is 15.1. The fourth-order valence-electron chi connectivity index (χ4n) is 3.55. The minimum atomic E-state index is -0.0541. The molecule has 7 heteroatoms. The Kier molecular flexibility index (Phi) is 4.82. The smallest absolute Gasteiger partial charge is 0.254 e. The predicted octanol–water partition coefficient (Wildman–Crippen LogP) is 2.00. The van der Waals surface area contributed by atoms with E-state index in [-0.39, 0.29) is 11.9 Å². The Balaban J connectivity index is 1.48. The molecule has 1 aliphatic heterocycles. The zero-order valence-electron chi connectivity index (χ0n) is 15.4. The second kappa shape index (κ2) is 7.25. The number of carbonyl (C=O) groups is 1. The standard InChI is InChI=1S/C19H26N4O3/c1-13-3-6-17(26-13)16(23-7-9-25-10-8-23)11-20-19(24)15-12-22(2)21-18(15)14-4-5-14/h3,6,12,14,16H,4-5,7-11H2,1-2H3,(H,20,24). The first kappa shape index (κ1) is 17.3. The second-order valence-corrected chi connectivity index (χ2v) is 7.20. The summed E-state index contributed by atoms with van der Waals surface area (Å²) in [6.45, 7) is 5.53. The first-order valence-electron chi connectivity index (χ1n) is 9.31. The van der Waals surface area contributed by atoms with Gasteiger partial charge in [0, 0.05) is 38.8 Å². The van der Waals surface area contributed by atoms with E-state index in [9.17, 15) is 4.79 Å². The Labute approximate surface area is 153 Å². The summed E-state index contributed by atoms with van der Waals surface area (Å²) < 4.78 is 13.1. The average molecular weight is 358 g/mol. The molecule has 0 radical (unpaired) electrons. The van der Waals surface area contributed by atoms with E-state index in [0.717, 1.165) is 43.1 Å². The van der Waals surface area contributed by atoms with Gasteiger partial charge in [0.1, 0.15) is 11.5 Å². The lowest BCUT2D eigenvalue weighted by Crippen LogP contribution is -2.43. The molecule has 1 N–H and O–H groups in total. The van der Waals surface area contributed by atoms with E-state index in [0.29, 0.717) is 31.2 Å². The van der Waals surface area contributed by atoms with Crippen molar-refractivity contribution in [3.63, 3.8) is 0 Å². The Morgan fingerprint density at radius 1 is 1.35 bits per heavy atom. The number of aromatic nitrogens is 2. The van der Waals surface area contributed by atoms with Crippen molar-refractivity contribution in [3.8, 4) is 0 Å². The van der Waals surface area contributed by atoms with Crippen LogP contribution in [0.4, 0.5) is 0 Å². The minimum absolute atomic E-state index is 0.0117. The molecule has 2 aromatic heterocycles. The average Bonchev–Trinajstić information content (AvgIpc) is 3.29. The van der Waals surface area contributed by atoms with Gasteiger partial charge in [0.25, 0.3) is 5.91 Å². The SMILES string of the molecule is Cc1ccc(C(CNC(=O)c2cn(C)nc2C2CC2)N2CCOCC2)o1. The third-order valence-electron chi connectivity index (χ3n) is 5.10. The quantitative estimate of drug-likeness (QED) is 0.855. The number of hydrogen-bond donors (Lipinski definition) is 1. The summed E-state index contributed by atoms with van der Waals surface area (Å²) >= 11 is 0. The maximum atomic E-state index is 12.8. The second-order valence-electron chi connectivity index (χ2n) is 7.20. The molecule has 1 amide bonds. The van der Waals surface area contributed by atoms with Crippen LogP contribution < -0.4 is 5.32 Å². The number of ether oxygens (including phenoxy) is 1. The number of amides is 1. The summed E-state index contributed by atoms with van der Waals surface area (Å²) in [5.41, 5.74) is 1.63. The highest BCUT2D eigenvalue weighted by molar-refractivity contribution is 5.95. The molecular formula is C19H26N4O3. The molecule has 4 rings (SSSR count). The van der Waals surface area contributed by atoms with Crippen molar-refractivity contribution < 1.29 is 13.9 Å². The van der Waals surface area contributed by atoms with Crippen LogP contribution in [0.25, 0.3) is 0 Å². The molecule has 1 saturated carbocycles. The van der Waals surface area contributed by atoms with E-state index in [2.05, 4.69) is 15.3 Å². The number of rotatable bonds is 6. The molecule has 1 atom stereocenters. The fourth-order valence-corrected chi connectivity index (χ4v) is 3.55. The van der Waals surface area contributed by atoms with Gasteiger partial charge in [-0.25, -0.2) is 0 Å². The van der Waals surface area contributed by atoms with Crippen molar-refractivity contribution in [2.24, 2.45) is 7.05 Å². The number of furan rings is 1. The van der Waals surface area contributed by atoms with Crippen LogP contribution in [0.15, 0.2) is 22.7 Å². The predicted molar refractivity (Wildman–Crippen MR) is 96.1 cm³/mol. The van der Waals surface area contributed by atoms with Crippen molar-refractivity contribution in [1.29, 1.82) is 0 Å². The lowest BCUT2D eigenvalue weighted by Gasteiger charge is -2.33. The third-order valence-corrected chi connectivity index (χ3v) is 5.10. The van der Waals surface area contributed by atoms with Crippen LogP contribution in [0.2, 0.25) is 0 Å². The lowest BCUT2D eigenvalue weighted by molar-refractivity contribution is 0.0117. The van der Waals surface area contributed by atoms with Crippen LogP contribution in [0.3, 0.4) is 0 Å². The maximum absolute atomic E-state index is 12.8. The van der Waals surface area contributed by atoms with Gasteiger partial charge in [-0.3, -0.25) is 14.4 Å². The molecule has 1 saturated heterocycles. The van der Waals surface area contributed by atoms with Gasteiger partial charge >= 0.3 is 0 Å². The number of aryl methyl sites for hydroxylation is 2. The van der Waals surface area contributed by atoms with Gasteiger partial charge < -0.3 is 14.5 Å².